The topological polar surface area (TPSA) is 55.5 Å². The molecule has 1 fully saturated rings. The summed E-state index contributed by atoms with van der Waals surface area (Å²) in [6.45, 7) is 0.591. The van der Waals surface area contributed by atoms with Gasteiger partial charge in [0.2, 0.25) is 0 Å². The molecular formula is C16H25NO2. The van der Waals surface area contributed by atoms with Gasteiger partial charge in [0.15, 0.2) is 0 Å². The van der Waals surface area contributed by atoms with Crippen LogP contribution in [0.2, 0.25) is 0 Å². The molecule has 106 valence electrons. The van der Waals surface area contributed by atoms with E-state index in [2.05, 4.69) is 12.1 Å². The second-order valence-electron chi connectivity index (χ2n) is 5.48. The average molecular weight is 263 g/mol. The molecule has 1 saturated carbocycles. The summed E-state index contributed by atoms with van der Waals surface area (Å²) in [7, 11) is 1.67. The van der Waals surface area contributed by atoms with Crippen molar-refractivity contribution in [2.45, 2.75) is 44.1 Å². The molecule has 1 aromatic rings. The Hall–Kier alpha value is -1.06. The van der Waals surface area contributed by atoms with Gasteiger partial charge in [-0.05, 0) is 43.0 Å². The molecule has 2 rings (SSSR count). The van der Waals surface area contributed by atoms with Gasteiger partial charge in [0, 0.05) is 5.92 Å². The van der Waals surface area contributed by atoms with E-state index in [1.54, 1.807) is 7.11 Å². The monoisotopic (exact) mass is 263 g/mol. The number of ether oxygens (including phenoxy) is 1. The molecule has 19 heavy (non-hydrogen) atoms. The van der Waals surface area contributed by atoms with Crippen LogP contribution in [0.15, 0.2) is 24.3 Å². The highest BCUT2D eigenvalue weighted by Gasteiger charge is 2.29. The van der Waals surface area contributed by atoms with Crippen LogP contribution >= 0.6 is 0 Å². The lowest BCUT2D eigenvalue weighted by molar-refractivity contribution is 0.0862. The zero-order valence-electron chi connectivity index (χ0n) is 11.7. The first-order valence-electron chi connectivity index (χ1n) is 7.28. The highest BCUT2D eigenvalue weighted by Crippen LogP contribution is 2.35. The van der Waals surface area contributed by atoms with Gasteiger partial charge >= 0.3 is 0 Å². The summed E-state index contributed by atoms with van der Waals surface area (Å²) in [5.74, 6) is 1.40. The van der Waals surface area contributed by atoms with Crippen molar-refractivity contribution in [3.63, 3.8) is 0 Å². The molecule has 3 heteroatoms. The van der Waals surface area contributed by atoms with Gasteiger partial charge in [-0.1, -0.05) is 31.4 Å². The Bertz CT molecular complexity index is 377. The van der Waals surface area contributed by atoms with Gasteiger partial charge < -0.3 is 15.6 Å². The molecule has 0 saturated heterocycles. The largest absolute Gasteiger partial charge is 0.497 e. The van der Waals surface area contributed by atoms with E-state index in [0.717, 1.165) is 25.0 Å². The Labute approximate surface area is 115 Å². The van der Waals surface area contributed by atoms with Crippen LogP contribution in [-0.4, -0.2) is 24.9 Å². The zero-order chi connectivity index (χ0) is 13.7. The first-order chi connectivity index (χ1) is 9.26. The van der Waals surface area contributed by atoms with Crippen LogP contribution < -0.4 is 10.5 Å². The Morgan fingerprint density at radius 1 is 1.21 bits per heavy atom. The molecule has 3 N–H and O–H groups in total. The number of hydrogen-bond acceptors (Lipinski definition) is 3. The van der Waals surface area contributed by atoms with Gasteiger partial charge in [-0.15, -0.1) is 0 Å². The van der Waals surface area contributed by atoms with E-state index in [1.807, 2.05) is 12.1 Å². The fraction of sp³-hybridized carbons (Fsp3) is 0.625. The molecular weight excluding hydrogens is 238 g/mol. The standard InChI is InChI=1S/C16H25NO2/c1-19-13-9-7-12(8-10-13)15(11-17)14-5-3-2-4-6-16(14)18/h7-10,14-16,18H,2-6,11,17H2,1H3. The van der Waals surface area contributed by atoms with E-state index in [-0.39, 0.29) is 12.0 Å². The fourth-order valence-corrected chi connectivity index (χ4v) is 3.20. The minimum atomic E-state index is -0.210. The molecule has 0 radical (unpaired) electrons. The van der Waals surface area contributed by atoms with Crippen molar-refractivity contribution in [2.24, 2.45) is 11.7 Å². The van der Waals surface area contributed by atoms with Gasteiger partial charge in [-0.25, -0.2) is 0 Å². The highest BCUT2D eigenvalue weighted by molar-refractivity contribution is 5.30. The summed E-state index contributed by atoms with van der Waals surface area (Å²) in [5.41, 5.74) is 7.19. The predicted molar refractivity (Wildman–Crippen MR) is 77.4 cm³/mol. The summed E-state index contributed by atoms with van der Waals surface area (Å²) in [4.78, 5) is 0. The Kier molecular flexibility index (Phi) is 5.23. The molecule has 0 bridgehead atoms. The lowest BCUT2D eigenvalue weighted by atomic mass is 9.80. The number of aliphatic hydroxyl groups is 1. The molecule has 1 aromatic carbocycles. The summed E-state index contributed by atoms with van der Waals surface area (Å²) in [6, 6.07) is 8.10. The smallest absolute Gasteiger partial charge is 0.118 e. The minimum absolute atomic E-state index is 0.210. The number of hydrogen-bond donors (Lipinski definition) is 2. The molecule has 0 spiro atoms. The Morgan fingerprint density at radius 2 is 1.89 bits per heavy atom. The number of rotatable bonds is 4. The van der Waals surface area contributed by atoms with Gasteiger partial charge in [0.1, 0.15) is 5.75 Å². The van der Waals surface area contributed by atoms with Gasteiger partial charge in [0.05, 0.1) is 13.2 Å². The lowest BCUT2D eigenvalue weighted by Crippen LogP contribution is -2.30. The average Bonchev–Trinajstić information content (AvgIpc) is 2.66. The molecule has 1 aliphatic carbocycles. The molecule has 3 nitrogen and oxygen atoms in total. The summed E-state index contributed by atoms with van der Waals surface area (Å²) in [5, 5.41) is 10.3. The van der Waals surface area contributed by atoms with Crippen LogP contribution in [0.4, 0.5) is 0 Å². The molecule has 0 amide bonds. The SMILES string of the molecule is COc1ccc(C(CN)C2CCCCCC2O)cc1. The zero-order valence-corrected chi connectivity index (χ0v) is 11.7. The van der Waals surface area contributed by atoms with Crippen molar-refractivity contribution in [1.82, 2.24) is 0 Å². The number of nitrogens with two attached hydrogens (primary N) is 1. The van der Waals surface area contributed by atoms with Crippen LogP contribution in [0.5, 0.6) is 5.75 Å². The van der Waals surface area contributed by atoms with Crippen LogP contribution in [0.25, 0.3) is 0 Å². The van der Waals surface area contributed by atoms with E-state index in [0.29, 0.717) is 12.5 Å². The molecule has 3 unspecified atom stereocenters. The second-order valence-corrected chi connectivity index (χ2v) is 5.48. The van der Waals surface area contributed by atoms with Crippen LogP contribution in [0.3, 0.4) is 0 Å². The van der Waals surface area contributed by atoms with Crippen molar-refractivity contribution in [1.29, 1.82) is 0 Å². The quantitative estimate of drug-likeness (QED) is 0.821. The molecule has 3 atom stereocenters. The normalized spacial score (nSPS) is 25.6. The van der Waals surface area contributed by atoms with E-state index < -0.39 is 0 Å². The van der Waals surface area contributed by atoms with Crippen molar-refractivity contribution in [2.75, 3.05) is 13.7 Å². The van der Waals surface area contributed by atoms with Crippen molar-refractivity contribution >= 4 is 0 Å². The minimum Gasteiger partial charge on any atom is -0.497 e. The van der Waals surface area contributed by atoms with Crippen LogP contribution in [0, 0.1) is 5.92 Å². The van der Waals surface area contributed by atoms with Crippen molar-refractivity contribution in [3.8, 4) is 5.75 Å². The van der Waals surface area contributed by atoms with E-state index >= 15 is 0 Å². The second kappa shape index (κ2) is 6.92. The fourth-order valence-electron chi connectivity index (χ4n) is 3.20. The van der Waals surface area contributed by atoms with Crippen molar-refractivity contribution < 1.29 is 9.84 Å². The van der Waals surface area contributed by atoms with Crippen molar-refractivity contribution in [3.05, 3.63) is 29.8 Å². The molecule has 1 aliphatic rings. The molecule has 0 heterocycles. The number of aliphatic hydroxyl groups excluding tert-OH is 1. The Balaban J connectivity index is 2.16. The summed E-state index contributed by atoms with van der Waals surface area (Å²) in [6.07, 6.45) is 5.35. The first kappa shape index (κ1) is 14.4. The van der Waals surface area contributed by atoms with E-state index in [4.69, 9.17) is 10.5 Å². The maximum absolute atomic E-state index is 10.3. The summed E-state index contributed by atoms with van der Waals surface area (Å²) >= 11 is 0. The van der Waals surface area contributed by atoms with Crippen LogP contribution in [0.1, 0.15) is 43.6 Å². The van der Waals surface area contributed by atoms with Gasteiger partial charge in [-0.3, -0.25) is 0 Å². The third kappa shape index (κ3) is 3.48. The number of methoxy groups -OCH3 is 1. The lowest BCUT2D eigenvalue weighted by Gasteiger charge is -2.29. The molecule has 0 aliphatic heterocycles. The third-order valence-corrected chi connectivity index (χ3v) is 4.35. The maximum Gasteiger partial charge on any atom is 0.118 e. The van der Waals surface area contributed by atoms with Gasteiger partial charge in [-0.2, -0.15) is 0 Å². The van der Waals surface area contributed by atoms with Gasteiger partial charge in [0.25, 0.3) is 0 Å². The first-order valence-corrected chi connectivity index (χ1v) is 7.28. The van der Waals surface area contributed by atoms with E-state index in [9.17, 15) is 5.11 Å². The van der Waals surface area contributed by atoms with Crippen LogP contribution in [-0.2, 0) is 0 Å². The molecule has 0 aromatic heterocycles. The summed E-state index contributed by atoms with van der Waals surface area (Å²) < 4.78 is 5.19. The van der Waals surface area contributed by atoms with E-state index in [1.165, 1.54) is 18.4 Å². The third-order valence-electron chi connectivity index (χ3n) is 4.35. The maximum atomic E-state index is 10.3. The highest BCUT2D eigenvalue weighted by atomic mass is 16.5. The number of benzene rings is 1. The predicted octanol–water partition coefficient (Wildman–Crippen LogP) is 2.68. The Morgan fingerprint density at radius 3 is 2.53 bits per heavy atom.